The monoisotopic (exact) mass is 365 g/mol. The smallest absolute Gasteiger partial charge is 0.289 e. The van der Waals surface area contributed by atoms with Crippen molar-refractivity contribution in [3.8, 4) is 0 Å². The summed E-state index contributed by atoms with van der Waals surface area (Å²) >= 11 is 7.45. The van der Waals surface area contributed by atoms with E-state index in [9.17, 15) is 14.9 Å². The molecule has 6 nitrogen and oxygen atoms in total. The van der Waals surface area contributed by atoms with Gasteiger partial charge in [-0.25, -0.2) is 0 Å². The summed E-state index contributed by atoms with van der Waals surface area (Å²) in [6.45, 7) is 1.01. The highest BCUT2D eigenvalue weighted by Gasteiger charge is 2.30. The number of hydrogen-bond donors (Lipinski definition) is 1. The molecule has 0 bridgehead atoms. The standard InChI is InChI=1S/C16H16ClN3O3S/c17-14-6-3-11(8-15(14)20(22)23)18-16(21)10-19(12-4-5-12)9-13-2-1-7-24-13/h1-3,6-8,12H,4-5,9-10H2,(H,18,21). The van der Waals surface area contributed by atoms with Gasteiger partial charge in [0.1, 0.15) is 5.02 Å². The summed E-state index contributed by atoms with van der Waals surface area (Å²) in [5.74, 6) is -0.185. The molecule has 0 aliphatic heterocycles. The van der Waals surface area contributed by atoms with Crippen LogP contribution >= 0.6 is 22.9 Å². The minimum absolute atomic E-state index is 0.0512. The van der Waals surface area contributed by atoms with E-state index in [1.807, 2.05) is 11.4 Å². The van der Waals surface area contributed by atoms with Crippen molar-refractivity contribution in [3.63, 3.8) is 0 Å². The van der Waals surface area contributed by atoms with Gasteiger partial charge in [0, 0.05) is 29.2 Å². The van der Waals surface area contributed by atoms with Gasteiger partial charge in [0.15, 0.2) is 0 Å². The van der Waals surface area contributed by atoms with Crippen LogP contribution in [0, 0.1) is 10.1 Å². The van der Waals surface area contributed by atoms with Crippen LogP contribution in [0.2, 0.25) is 5.02 Å². The topological polar surface area (TPSA) is 75.5 Å². The van der Waals surface area contributed by atoms with Gasteiger partial charge in [0.2, 0.25) is 5.91 Å². The fourth-order valence-electron chi connectivity index (χ4n) is 2.47. The minimum Gasteiger partial charge on any atom is -0.325 e. The van der Waals surface area contributed by atoms with E-state index in [-0.39, 0.29) is 23.2 Å². The number of carbonyl (C=O) groups is 1. The average Bonchev–Trinajstić information content (AvgIpc) is 3.26. The zero-order valence-electron chi connectivity index (χ0n) is 12.8. The lowest BCUT2D eigenvalue weighted by atomic mass is 10.2. The molecule has 1 aliphatic carbocycles. The van der Waals surface area contributed by atoms with E-state index in [0.717, 1.165) is 19.4 Å². The fourth-order valence-corrected chi connectivity index (χ4v) is 3.39. The summed E-state index contributed by atoms with van der Waals surface area (Å²) in [5, 5.41) is 15.7. The predicted octanol–water partition coefficient (Wildman–Crippen LogP) is 3.91. The maximum Gasteiger partial charge on any atom is 0.289 e. The van der Waals surface area contributed by atoms with Gasteiger partial charge in [0.25, 0.3) is 5.69 Å². The summed E-state index contributed by atoms with van der Waals surface area (Å²) in [7, 11) is 0. The second-order valence-electron chi connectivity index (χ2n) is 5.69. The number of amides is 1. The molecule has 0 saturated heterocycles. The molecule has 3 rings (SSSR count). The molecular weight excluding hydrogens is 350 g/mol. The molecule has 1 N–H and O–H groups in total. The SMILES string of the molecule is O=C(CN(Cc1cccs1)C1CC1)Nc1ccc(Cl)c([N+](=O)[O-])c1. The third-order valence-electron chi connectivity index (χ3n) is 3.78. The Morgan fingerprint density at radius 2 is 2.21 bits per heavy atom. The van der Waals surface area contributed by atoms with Gasteiger partial charge in [-0.2, -0.15) is 0 Å². The number of carbonyl (C=O) groups excluding carboxylic acids is 1. The molecular formula is C16H16ClN3O3S. The van der Waals surface area contributed by atoms with Crippen LogP contribution in [0.25, 0.3) is 0 Å². The number of nitrogens with zero attached hydrogens (tertiary/aromatic N) is 2. The van der Waals surface area contributed by atoms with Gasteiger partial charge in [0.05, 0.1) is 11.5 Å². The van der Waals surface area contributed by atoms with E-state index in [4.69, 9.17) is 11.6 Å². The Bertz CT molecular complexity index is 747. The maximum absolute atomic E-state index is 12.3. The molecule has 24 heavy (non-hydrogen) atoms. The third-order valence-corrected chi connectivity index (χ3v) is 4.96. The fraction of sp³-hybridized carbons (Fsp3) is 0.312. The molecule has 0 unspecified atom stereocenters. The Labute approximate surface area is 148 Å². The summed E-state index contributed by atoms with van der Waals surface area (Å²) in [6, 6.07) is 8.75. The highest BCUT2D eigenvalue weighted by molar-refractivity contribution is 7.09. The number of benzene rings is 1. The van der Waals surface area contributed by atoms with E-state index in [0.29, 0.717) is 11.7 Å². The molecule has 126 valence electrons. The number of thiophene rings is 1. The molecule has 0 radical (unpaired) electrons. The summed E-state index contributed by atoms with van der Waals surface area (Å²) in [5.41, 5.74) is 0.162. The zero-order valence-corrected chi connectivity index (χ0v) is 14.3. The van der Waals surface area contributed by atoms with Crippen LogP contribution in [0.4, 0.5) is 11.4 Å². The van der Waals surface area contributed by atoms with Crippen LogP contribution < -0.4 is 5.32 Å². The zero-order chi connectivity index (χ0) is 17.1. The van der Waals surface area contributed by atoms with Crippen LogP contribution in [-0.4, -0.2) is 28.3 Å². The first-order valence-electron chi connectivity index (χ1n) is 7.53. The van der Waals surface area contributed by atoms with Gasteiger partial charge in [-0.1, -0.05) is 17.7 Å². The highest BCUT2D eigenvalue weighted by Crippen LogP contribution is 2.30. The molecule has 1 aromatic carbocycles. The van der Waals surface area contributed by atoms with Gasteiger partial charge in [-0.15, -0.1) is 11.3 Å². The lowest BCUT2D eigenvalue weighted by Crippen LogP contribution is -2.34. The van der Waals surface area contributed by atoms with Crippen molar-refractivity contribution in [2.45, 2.75) is 25.4 Å². The van der Waals surface area contributed by atoms with E-state index in [1.165, 1.54) is 17.0 Å². The van der Waals surface area contributed by atoms with Crippen molar-refractivity contribution in [1.29, 1.82) is 0 Å². The number of anilines is 1. The Hall–Kier alpha value is -1.96. The van der Waals surface area contributed by atoms with Gasteiger partial charge >= 0.3 is 0 Å². The van der Waals surface area contributed by atoms with Crippen molar-refractivity contribution < 1.29 is 9.72 Å². The average molecular weight is 366 g/mol. The van der Waals surface area contributed by atoms with E-state index in [1.54, 1.807) is 17.4 Å². The number of hydrogen-bond acceptors (Lipinski definition) is 5. The van der Waals surface area contributed by atoms with Crippen molar-refractivity contribution >= 4 is 40.2 Å². The molecule has 1 amide bonds. The second-order valence-corrected chi connectivity index (χ2v) is 7.13. The van der Waals surface area contributed by atoms with Gasteiger partial charge in [-0.05, 0) is 36.4 Å². The third kappa shape index (κ3) is 4.31. The second kappa shape index (κ2) is 7.29. The number of halogens is 1. The Morgan fingerprint density at radius 1 is 1.42 bits per heavy atom. The molecule has 1 aromatic heterocycles. The van der Waals surface area contributed by atoms with Crippen LogP contribution in [0.3, 0.4) is 0 Å². The van der Waals surface area contributed by atoms with Crippen LogP contribution in [0.1, 0.15) is 17.7 Å². The van der Waals surface area contributed by atoms with Crippen LogP contribution in [-0.2, 0) is 11.3 Å². The Balaban J connectivity index is 1.63. The quantitative estimate of drug-likeness (QED) is 0.596. The van der Waals surface area contributed by atoms with Gasteiger partial charge in [-0.3, -0.25) is 19.8 Å². The number of rotatable bonds is 7. The van der Waals surface area contributed by atoms with Crippen molar-refractivity contribution in [2.75, 3.05) is 11.9 Å². The lowest BCUT2D eigenvalue weighted by molar-refractivity contribution is -0.384. The minimum atomic E-state index is -0.564. The Morgan fingerprint density at radius 3 is 2.83 bits per heavy atom. The molecule has 1 heterocycles. The highest BCUT2D eigenvalue weighted by atomic mass is 35.5. The normalized spacial score (nSPS) is 13.9. The van der Waals surface area contributed by atoms with E-state index in [2.05, 4.69) is 16.3 Å². The molecule has 1 aliphatic rings. The molecule has 8 heteroatoms. The maximum atomic E-state index is 12.3. The predicted molar refractivity (Wildman–Crippen MR) is 94.5 cm³/mol. The van der Waals surface area contributed by atoms with Crippen molar-refractivity contribution in [1.82, 2.24) is 4.90 Å². The summed E-state index contributed by atoms with van der Waals surface area (Å²) in [4.78, 5) is 26.0. The summed E-state index contributed by atoms with van der Waals surface area (Å²) in [6.07, 6.45) is 2.20. The van der Waals surface area contributed by atoms with Crippen LogP contribution in [0.15, 0.2) is 35.7 Å². The lowest BCUT2D eigenvalue weighted by Gasteiger charge is -2.20. The molecule has 1 fully saturated rings. The van der Waals surface area contributed by atoms with E-state index >= 15 is 0 Å². The first-order valence-corrected chi connectivity index (χ1v) is 8.79. The number of nitro groups is 1. The first kappa shape index (κ1) is 16.9. The van der Waals surface area contributed by atoms with Crippen molar-refractivity contribution in [2.24, 2.45) is 0 Å². The van der Waals surface area contributed by atoms with E-state index < -0.39 is 4.92 Å². The van der Waals surface area contributed by atoms with Crippen molar-refractivity contribution in [3.05, 3.63) is 55.7 Å². The van der Waals surface area contributed by atoms with Crippen LogP contribution in [0.5, 0.6) is 0 Å². The van der Waals surface area contributed by atoms with Gasteiger partial charge < -0.3 is 5.32 Å². The molecule has 0 spiro atoms. The summed E-state index contributed by atoms with van der Waals surface area (Å²) < 4.78 is 0. The molecule has 0 atom stereocenters. The molecule has 2 aromatic rings. The largest absolute Gasteiger partial charge is 0.325 e. The number of nitro benzene ring substituents is 1. The number of nitrogens with one attached hydrogen (secondary N) is 1. The molecule has 1 saturated carbocycles. The Kier molecular flexibility index (Phi) is 5.13. The first-order chi connectivity index (χ1) is 11.5.